The average Bonchev–Trinajstić information content (AvgIpc) is 3.42. The van der Waals surface area contributed by atoms with Crippen molar-refractivity contribution in [2.24, 2.45) is 0 Å². The number of hydrogen-bond acceptors (Lipinski definition) is 7. The SMILES string of the molecule is O=C(O)/C=C/C(=O)O.O=C(O)/C=C/C(=O)O.c1ccc2nc(N3CCN(CCc4c[nH]c5ccccc45)CC3)ccc2c1. The number of anilines is 1. The van der Waals surface area contributed by atoms with Gasteiger partial charge in [0.25, 0.3) is 0 Å². The lowest BCUT2D eigenvalue weighted by Gasteiger charge is -2.35. The lowest BCUT2D eigenvalue weighted by atomic mass is 10.1. The van der Waals surface area contributed by atoms with E-state index in [0.29, 0.717) is 24.3 Å². The molecule has 0 unspecified atom stereocenters. The Balaban J connectivity index is 0.000000263. The van der Waals surface area contributed by atoms with E-state index in [4.69, 9.17) is 25.4 Å². The van der Waals surface area contributed by atoms with Gasteiger partial charge < -0.3 is 30.3 Å². The van der Waals surface area contributed by atoms with E-state index in [-0.39, 0.29) is 0 Å². The second-order valence-corrected chi connectivity index (χ2v) is 9.32. The summed E-state index contributed by atoms with van der Waals surface area (Å²) in [7, 11) is 0. The first kappa shape index (κ1) is 32.0. The first-order valence-electron chi connectivity index (χ1n) is 13.3. The third-order valence-corrected chi connectivity index (χ3v) is 6.39. The molecule has 0 saturated carbocycles. The number of benzene rings is 2. The number of para-hydroxylation sites is 2. The van der Waals surface area contributed by atoms with Crippen molar-refractivity contribution in [2.45, 2.75) is 6.42 Å². The number of fused-ring (bicyclic) bond motifs is 2. The van der Waals surface area contributed by atoms with Crippen LogP contribution in [0, 0.1) is 0 Å². The summed E-state index contributed by atoms with van der Waals surface area (Å²) in [4.78, 5) is 51.4. The Morgan fingerprint density at radius 3 is 1.88 bits per heavy atom. The summed E-state index contributed by atoms with van der Waals surface area (Å²) in [6.45, 7) is 5.38. The molecule has 5 rings (SSSR count). The molecule has 4 aromatic rings. The Bertz CT molecular complexity index is 1550. The van der Waals surface area contributed by atoms with Crippen LogP contribution in [0.25, 0.3) is 21.8 Å². The van der Waals surface area contributed by atoms with E-state index in [1.54, 1.807) is 0 Å². The van der Waals surface area contributed by atoms with Gasteiger partial charge in [-0.25, -0.2) is 24.2 Å². The highest BCUT2D eigenvalue weighted by Gasteiger charge is 2.18. The molecule has 1 aliphatic heterocycles. The minimum absolute atomic E-state index is 0.558. The van der Waals surface area contributed by atoms with Gasteiger partial charge in [-0.2, -0.15) is 0 Å². The van der Waals surface area contributed by atoms with Crippen LogP contribution in [0.1, 0.15) is 5.56 Å². The molecule has 43 heavy (non-hydrogen) atoms. The van der Waals surface area contributed by atoms with Gasteiger partial charge >= 0.3 is 23.9 Å². The number of aromatic nitrogens is 2. The van der Waals surface area contributed by atoms with Crippen molar-refractivity contribution in [1.82, 2.24) is 14.9 Å². The van der Waals surface area contributed by atoms with Crippen LogP contribution in [0.3, 0.4) is 0 Å². The molecule has 1 aliphatic rings. The van der Waals surface area contributed by atoms with Crippen LogP contribution in [0.2, 0.25) is 0 Å². The molecule has 2 aromatic heterocycles. The third kappa shape index (κ3) is 10.8. The zero-order valence-electron chi connectivity index (χ0n) is 23.2. The summed E-state index contributed by atoms with van der Waals surface area (Å²) in [6.07, 6.45) is 5.49. The van der Waals surface area contributed by atoms with Gasteiger partial charge in [-0.05, 0) is 36.2 Å². The highest BCUT2D eigenvalue weighted by Crippen LogP contribution is 2.21. The van der Waals surface area contributed by atoms with Crippen molar-refractivity contribution in [3.8, 4) is 0 Å². The van der Waals surface area contributed by atoms with Crippen LogP contribution in [0.5, 0.6) is 0 Å². The molecule has 3 heterocycles. The first-order chi connectivity index (χ1) is 20.6. The second-order valence-electron chi connectivity index (χ2n) is 9.32. The molecule has 2 aromatic carbocycles. The van der Waals surface area contributed by atoms with E-state index in [0.717, 1.165) is 50.5 Å². The maximum absolute atomic E-state index is 9.55. The number of H-pyrrole nitrogens is 1. The molecule has 0 radical (unpaired) electrons. The van der Waals surface area contributed by atoms with E-state index >= 15 is 0 Å². The quantitative estimate of drug-likeness (QED) is 0.190. The summed E-state index contributed by atoms with van der Waals surface area (Å²) in [6, 6.07) is 21.2. The Morgan fingerprint density at radius 1 is 0.721 bits per heavy atom. The van der Waals surface area contributed by atoms with Crippen molar-refractivity contribution >= 4 is 51.5 Å². The number of carboxylic acid groups (broad SMARTS) is 4. The van der Waals surface area contributed by atoms with Crippen LogP contribution in [-0.2, 0) is 25.6 Å². The summed E-state index contributed by atoms with van der Waals surface area (Å²) in [5.74, 6) is -3.93. The Morgan fingerprint density at radius 2 is 1.28 bits per heavy atom. The monoisotopic (exact) mass is 588 g/mol. The minimum Gasteiger partial charge on any atom is -0.478 e. The molecule has 0 bridgehead atoms. The Kier molecular flexibility index (Phi) is 12.0. The molecule has 5 N–H and O–H groups in total. The van der Waals surface area contributed by atoms with Crippen LogP contribution in [0.4, 0.5) is 5.82 Å². The van der Waals surface area contributed by atoms with E-state index in [1.165, 1.54) is 21.9 Å². The molecule has 0 aliphatic carbocycles. The van der Waals surface area contributed by atoms with Crippen molar-refractivity contribution < 1.29 is 39.6 Å². The van der Waals surface area contributed by atoms with Gasteiger partial charge in [0.2, 0.25) is 0 Å². The molecular formula is C31H32N4O8. The predicted octanol–water partition coefficient (Wildman–Crippen LogP) is 3.50. The fourth-order valence-electron chi connectivity index (χ4n) is 4.33. The maximum Gasteiger partial charge on any atom is 0.328 e. The number of rotatable bonds is 8. The molecule has 0 atom stereocenters. The van der Waals surface area contributed by atoms with E-state index in [1.807, 2.05) is 0 Å². The van der Waals surface area contributed by atoms with Gasteiger partial charge in [0.1, 0.15) is 5.82 Å². The number of piperazine rings is 1. The zero-order valence-corrected chi connectivity index (χ0v) is 23.2. The lowest BCUT2D eigenvalue weighted by molar-refractivity contribution is -0.134. The average molecular weight is 589 g/mol. The smallest absolute Gasteiger partial charge is 0.328 e. The number of nitrogens with one attached hydrogen (secondary N) is 1. The number of aliphatic carboxylic acids is 4. The first-order valence-corrected chi connectivity index (χ1v) is 13.3. The van der Waals surface area contributed by atoms with Crippen molar-refractivity contribution in [3.63, 3.8) is 0 Å². The van der Waals surface area contributed by atoms with Gasteiger partial charge in [-0.3, -0.25) is 4.90 Å². The standard InChI is InChI=1S/C23H24N4.2C4H4O4/c1-3-7-21-18(5-1)9-10-23(25-21)27-15-13-26(14-16-27)12-11-19-17-24-22-8-4-2-6-20(19)22;2*5-3(6)1-2-4(7)8/h1-10,17,24H,11-16H2;2*1-2H,(H,5,6)(H,7,8)/b;2*2-1+. The fraction of sp³-hybridized carbons (Fsp3) is 0.194. The molecule has 0 amide bonds. The van der Waals surface area contributed by atoms with Gasteiger partial charge in [-0.15, -0.1) is 0 Å². The second kappa shape index (κ2) is 16.1. The minimum atomic E-state index is -1.26. The third-order valence-electron chi connectivity index (χ3n) is 6.39. The molecule has 12 nitrogen and oxygen atoms in total. The zero-order chi connectivity index (χ0) is 31.2. The highest BCUT2D eigenvalue weighted by molar-refractivity contribution is 5.90. The number of aromatic amines is 1. The van der Waals surface area contributed by atoms with Crippen LogP contribution >= 0.6 is 0 Å². The number of pyridine rings is 1. The number of nitrogens with zero attached hydrogens (tertiary/aromatic N) is 3. The van der Waals surface area contributed by atoms with Crippen LogP contribution in [0.15, 0.2) is 91.2 Å². The Labute approximate surface area is 246 Å². The van der Waals surface area contributed by atoms with Gasteiger partial charge in [-0.1, -0.05) is 36.4 Å². The summed E-state index contributed by atoms with van der Waals surface area (Å²) >= 11 is 0. The van der Waals surface area contributed by atoms with Gasteiger partial charge in [0, 0.05) is 79.5 Å². The molecule has 12 heteroatoms. The summed E-state index contributed by atoms with van der Waals surface area (Å²) in [5.41, 5.74) is 3.74. The summed E-state index contributed by atoms with van der Waals surface area (Å²) < 4.78 is 0. The Hall–Kier alpha value is -5.49. The molecule has 1 saturated heterocycles. The topological polar surface area (TPSA) is 184 Å². The highest BCUT2D eigenvalue weighted by atomic mass is 16.4. The van der Waals surface area contributed by atoms with Crippen molar-refractivity contribution in [1.29, 1.82) is 0 Å². The van der Waals surface area contributed by atoms with Crippen LogP contribution < -0.4 is 4.90 Å². The van der Waals surface area contributed by atoms with Crippen molar-refractivity contribution in [3.05, 3.63) is 96.7 Å². The fourth-order valence-corrected chi connectivity index (χ4v) is 4.33. The van der Waals surface area contributed by atoms with Crippen LogP contribution in [-0.4, -0.2) is 91.9 Å². The van der Waals surface area contributed by atoms with Gasteiger partial charge in [0.05, 0.1) is 5.52 Å². The number of carboxylic acids is 4. The molecular weight excluding hydrogens is 556 g/mol. The van der Waals surface area contributed by atoms with E-state index in [9.17, 15) is 19.2 Å². The van der Waals surface area contributed by atoms with Crippen molar-refractivity contribution in [2.75, 3.05) is 37.6 Å². The normalized spacial score (nSPS) is 13.3. The number of carbonyl (C=O) groups is 4. The molecule has 1 fully saturated rings. The van der Waals surface area contributed by atoms with E-state index in [2.05, 4.69) is 81.6 Å². The van der Waals surface area contributed by atoms with E-state index < -0.39 is 23.9 Å². The lowest BCUT2D eigenvalue weighted by Crippen LogP contribution is -2.47. The summed E-state index contributed by atoms with van der Waals surface area (Å²) in [5, 5.41) is 33.8. The largest absolute Gasteiger partial charge is 0.478 e. The number of hydrogen-bond donors (Lipinski definition) is 5. The van der Waals surface area contributed by atoms with Gasteiger partial charge in [0.15, 0.2) is 0 Å². The predicted molar refractivity (Wildman–Crippen MR) is 161 cm³/mol. The molecule has 0 spiro atoms. The molecule has 224 valence electrons. The maximum atomic E-state index is 9.55.